The Labute approximate surface area is 153 Å². The summed E-state index contributed by atoms with van der Waals surface area (Å²) in [7, 11) is 0. The molecule has 0 aliphatic carbocycles. The maximum absolute atomic E-state index is 12.6. The fourth-order valence-electron chi connectivity index (χ4n) is 2.83. The van der Waals surface area contributed by atoms with Crippen LogP contribution in [0.15, 0.2) is 29.6 Å². The number of carbonyl (C=O) groups is 1. The minimum Gasteiger partial charge on any atom is -0.375 e. The van der Waals surface area contributed by atoms with Gasteiger partial charge in [-0.25, -0.2) is 4.98 Å². The highest BCUT2D eigenvalue weighted by molar-refractivity contribution is 7.13. The van der Waals surface area contributed by atoms with Gasteiger partial charge in [-0.05, 0) is 26.0 Å². The van der Waals surface area contributed by atoms with Crippen LogP contribution < -0.4 is 0 Å². The molecule has 2 heterocycles. The topological polar surface area (TPSA) is 42.4 Å². The van der Waals surface area contributed by atoms with Gasteiger partial charge in [-0.2, -0.15) is 13.2 Å². The minimum atomic E-state index is -4.36. The third-order valence-electron chi connectivity index (χ3n) is 4.27. The number of ether oxygens (including phenoxy) is 1. The van der Waals surface area contributed by atoms with E-state index in [0.29, 0.717) is 29.4 Å². The summed E-state index contributed by atoms with van der Waals surface area (Å²) in [6.45, 7) is 4.94. The summed E-state index contributed by atoms with van der Waals surface area (Å²) in [5, 5.41) is 2.38. The van der Waals surface area contributed by atoms with Gasteiger partial charge in [-0.3, -0.25) is 4.79 Å². The summed E-state index contributed by atoms with van der Waals surface area (Å²) in [4.78, 5) is 18.7. The number of alkyl halides is 3. The second kappa shape index (κ2) is 7.36. The average Bonchev–Trinajstić information content (AvgIpc) is 3.05. The summed E-state index contributed by atoms with van der Waals surface area (Å²) in [5.41, 5.74) is 0.542. The van der Waals surface area contributed by atoms with Crippen LogP contribution >= 0.6 is 11.3 Å². The van der Waals surface area contributed by atoms with Crippen LogP contribution in [0.4, 0.5) is 13.2 Å². The number of rotatable bonds is 3. The smallest absolute Gasteiger partial charge is 0.375 e. The van der Waals surface area contributed by atoms with E-state index < -0.39 is 11.7 Å². The van der Waals surface area contributed by atoms with E-state index in [-0.39, 0.29) is 24.5 Å². The molecule has 0 spiro atoms. The van der Waals surface area contributed by atoms with Crippen LogP contribution in [0.3, 0.4) is 0 Å². The summed E-state index contributed by atoms with van der Waals surface area (Å²) in [6.07, 6.45) is -4.17. The fourth-order valence-corrected chi connectivity index (χ4v) is 3.66. The largest absolute Gasteiger partial charge is 0.416 e. The maximum Gasteiger partial charge on any atom is 0.416 e. The van der Waals surface area contributed by atoms with Crippen LogP contribution in [0.5, 0.6) is 0 Å². The quantitative estimate of drug-likeness (QED) is 0.803. The van der Waals surface area contributed by atoms with Crippen molar-refractivity contribution < 1.29 is 22.7 Å². The molecule has 2 atom stereocenters. The lowest BCUT2D eigenvalue weighted by Gasteiger charge is -2.36. The van der Waals surface area contributed by atoms with E-state index in [2.05, 4.69) is 4.98 Å². The molecular formula is C18H19F3N2O2S. The molecule has 4 nitrogen and oxygen atoms in total. The van der Waals surface area contributed by atoms with Gasteiger partial charge in [-0.1, -0.05) is 12.1 Å². The molecule has 1 aromatic heterocycles. The van der Waals surface area contributed by atoms with Gasteiger partial charge in [0.2, 0.25) is 5.91 Å². The Kier molecular flexibility index (Phi) is 5.34. The third-order valence-corrected chi connectivity index (χ3v) is 5.21. The van der Waals surface area contributed by atoms with Crippen molar-refractivity contribution in [2.45, 2.75) is 38.6 Å². The first-order valence-electron chi connectivity index (χ1n) is 8.27. The lowest BCUT2D eigenvalue weighted by atomic mass is 10.1. The first-order valence-corrected chi connectivity index (χ1v) is 9.15. The SMILES string of the molecule is CC1CN(C(=O)Cc2csc(-c3ccc(C(F)(F)F)cc3)n2)C(C)CO1. The van der Waals surface area contributed by atoms with Crippen molar-refractivity contribution in [1.29, 1.82) is 0 Å². The summed E-state index contributed by atoms with van der Waals surface area (Å²) in [6, 6.07) is 4.90. The van der Waals surface area contributed by atoms with E-state index >= 15 is 0 Å². The normalized spacial score (nSPS) is 21.0. The van der Waals surface area contributed by atoms with Crippen LogP contribution in [-0.2, 0) is 22.1 Å². The van der Waals surface area contributed by atoms with Crippen LogP contribution in [0.25, 0.3) is 10.6 Å². The summed E-state index contributed by atoms with van der Waals surface area (Å²) in [5.74, 6) is -0.0167. The number of aromatic nitrogens is 1. The third kappa shape index (κ3) is 4.24. The zero-order valence-electron chi connectivity index (χ0n) is 14.4. The van der Waals surface area contributed by atoms with Gasteiger partial charge < -0.3 is 9.64 Å². The van der Waals surface area contributed by atoms with Crippen LogP contribution in [0, 0.1) is 0 Å². The first kappa shape index (κ1) is 18.8. The number of hydrogen-bond acceptors (Lipinski definition) is 4. The highest BCUT2D eigenvalue weighted by Crippen LogP contribution is 2.31. The molecular weight excluding hydrogens is 365 g/mol. The lowest BCUT2D eigenvalue weighted by molar-refractivity contribution is -0.142. The Morgan fingerprint density at radius 3 is 2.65 bits per heavy atom. The Bertz CT molecular complexity index is 773. The predicted molar refractivity (Wildman–Crippen MR) is 92.8 cm³/mol. The highest BCUT2D eigenvalue weighted by Gasteiger charge is 2.30. The highest BCUT2D eigenvalue weighted by atomic mass is 32.1. The molecule has 1 fully saturated rings. The van der Waals surface area contributed by atoms with Gasteiger partial charge >= 0.3 is 6.18 Å². The molecule has 2 unspecified atom stereocenters. The molecule has 0 N–H and O–H groups in total. The van der Waals surface area contributed by atoms with E-state index in [1.165, 1.54) is 23.5 Å². The molecule has 1 aliphatic heterocycles. The van der Waals surface area contributed by atoms with E-state index in [1.54, 1.807) is 10.3 Å². The van der Waals surface area contributed by atoms with E-state index in [4.69, 9.17) is 4.74 Å². The molecule has 0 radical (unpaired) electrons. The Hall–Kier alpha value is -1.93. The molecule has 0 bridgehead atoms. The van der Waals surface area contributed by atoms with Gasteiger partial charge in [0.25, 0.3) is 0 Å². The number of nitrogens with zero attached hydrogens (tertiary/aromatic N) is 2. The zero-order chi connectivity index (χ0) is 18.9. The number of carbonyl (C=O) groups excluding carboxylic acids is 1. The second-order valence-electron chi connectivity index (χ2n) is 6.43. The van der Waals surface area contributed by atoms with Crippen molar-refractivity contribution in [2.75, 3.05) is 13.2 Å². The van der Waals surface area contributed by atoms with E-state index in [0.717, 1.165) is 12.1 Å². The van der Waals surface area contributed by atoms with Gasteiger partial charge in [0.15, 0.2) is 0 Å². The minimum absolute atomic E-state index is 0.00768. The molecule has 0 saturated carbocycles. The maximum atomic E-state index is 12.6. The van der Waals surface area contributed by atoms with Crippen molar-refractivity contribution in [2.24, 2.45) is 0 Å². The second-order valence-corrected chi connectivity index (χ2v) is 7.29. The zero-order valence-corrected chi connectivity index (χ0v) is 15.2. The van der Waals surface area contributed by atoms with Crippen LogP contribution in [0.1, 0.15) is 25.1 Å². The van der Waals surface area contributed by atoms with Crippen LogP contribution in [-0.4, -0.2) is 41.1 Å². The number of hydrogen-bond donors (Lipinski definition) is 0. The van der Waals surface area contributed by atoms with Crippen LogP contribution in [0.2, 0.25) is 0 Å². The summed E-state index contributed by atoms with van der Waals surface area (Å²) < 4.78 is 43.5. The van der Waals surface area contributed by atoms with Gasteiger partial charge in [-0.15, -0.1) is 11.3 Å². The number of thiazole rings is 1. The molecule has 1 saturated heterocycles. The Morgan fingerprint density at radius 2 is 2.00 bits per heavy atom. The lowest BCUT2D eigenvalue weighted by Crippen LogP contribution is -2.50. The number of benzene rings is 1. The monoisotopic (exact) mass is 384 g/mol. The molecule has 26 heavy (non-hydrogen) atoms. The molecule has 1 aliphatic rings. The van der Waals surface area contributed by atoms with E-state index in [9.17, 15) is 18.0 Å². The standard InChI is InChI=1S/C18H19F3N2O2S/c1-11-9-25-12(2)8-23(11)16(24)7-15-10-26-17(22-15)13-3-5-14(6-4-13)18(19,20)21/h3-6,10-12H,7-9H2,1-2H3. The van der Waals surface area contributed by atoms with Gasteiger partial charge in [0, 0.05) is 17.5 Å². The van der Waals surface area contributed by atoms with Gasteiger partial charge in [0.05, 0.1) is 36.4 Å². The van der Waals surface area contributed by atoms with Crippen molar-refractivity contribution in [3.05, 3.63) is 40.9 Å². The van der Waals surface area contributed by atoms with Crippen molar-refractivity contribution in [3.63, 3.8) is 0 Å². The number of morpholine rings is 1. The Balaban J connectivity index is 1.69. The number of halogens is 3. The van der Waals surface area contributed by atoms with Crippen molar-refractivity contribution >= 4 is 17.2 Å². The Morgan fingerprint density at radius 1 is 1.31 bits per heavy atom. The predicted octanol–water partition coefficient (Wildman–Crippen LogP) is 4.01. The number of amides is 1. The van der Waals surface area contributed by atoms with Crippen molar-refractivity contribution in [1.82, 2.24) is 9.88 Å². The van der Waals surface area contributed by atoms with Crippen molar-refractivity contribution in [3.8, 4) is 10.6 Å². The van der Waals surface area contributed by atoms with Gasteiger partial charge in [0.1, 0.15) is 5.01 Å². The average molecular weight is 384 g/mol. The molecule has 2 aromatic rings. The first-order chi connectivity index (χ1) is 12.2. The molecule has 8 heteroatoms. The summed E-state index contributed by atoms with van der Waals surface area (Å²) >= 11 is 1.32. The fraction of sp³-hybridized carbons (Fsp3) is 0.444. The molecule has 1 aromatic carbocycles. The molecule has 140 valence electrons. The molecule has 3 rings (SSSR count). The molecule has 1 amide bonds. The van der Waals surface area contributed by atoms with E-state index in [1.807, 2.05) is 13.8 Å².